The molecule has 0 N–H and O–H groups in total. The van der Waals surface area contributed by atoms with Crippen LogP contribution in [0.4, 0.5) is 4.39 Å². The van der Waals surface area contributed by atoms with Gasteiger partial charge in [-0.25, -0.2) is 0 Å². The minimum absolute atomic E-state index is 0.119. The summed E-state index contributed by atoms with van der Waals surface area (Å²) >= 11 is 0. The van der Waals surface area contributed by atoms with Crippen LogP contribution in [0.3, 0.4) is 0 Å². The molecule has 4 rings (SSSR count). The summed E-state index contributed by atoms with van der Waals surface area (Å²) in [5.74, 6) is 5.80. The Morgan fingerprint density at radius 2 is 1.15 bits per heavy atom. The van der Waals surface area contributed by atoms with E-state index in [4.69, 9.17) is 0 Å². The van der Waals surface area contributed by atoms with Crippen LogP contribution in [0.25, 0.3) is 0 Å². The van der Waals surface area contributed by atoms with Crippen LogP contribution < -0.4 is 0 Å². The predicted octanol–water partition coefficient (Wildman–Crippen LogP) is 10.1. The molecule has 0 bridgehead atoms. The molecule has 1 heteroatoms. The average Bonchev–Trinajstić information content (AvgIpc) is 2.89. The summed E-state index contributed by atoms with van der Waals surface area (Å²) in [5.41, 5.74) is 3.13. The summed E-state index contributed by atoms with van der Waals surface area (Å²) in [5, 5.41) is 0. The molecule has 0 spiro atoms. The standard InChI is InChI=1S/C32H51F/c1-2-3-6-25-8-12-27(13-9-25)29-16-20-31(21-17-29)32-22-18-30(19-23-32)28-14-10-26(11-15-28)7-4-5-24-33/h8-9,12-13,26,28-32H,2-7,10-11,14-24H2,1H3/t26-,28-,29?,30-,31?,32-. The zero-order valence-electron chi connectivity index (χ0n) is 21.6. The molecule has 0 aliphatic heterocycles. The highest BCUT2D eigenvalue weighted by atomic mass is 19.1. The minimum atomic E-state index is -0.119. The molecule has 0 saturated heterocycles. The van der Waals surface area contributed by atoms with E-state index in [-0.39, 0.29) is 6.67 Å². The Labute approximate surface area is 204 Å². The number of benzene rings is 1. The Morgan fingerprint density at radius 1 is 0.636 bits per heavy atom. The molecular weight excluding hydrogens is 403 g/mol. The largest absolute Gasteiger partial charge is 0.251 e. The second-order valence-electron chi connectivity index (χ2n) is 12.1. The first-order valence-electron chi connectivity index (χ1n) is 14.9. The lowest BCUT2D eigenvalue weighted by atomic mass is 9.64. The van der Waals surface area contributed by atoms with Gasteiger partial charge in [0.25, 0.3) is 0 Å². The van der Waals surface area contributed by atoms with E-state index in [0.29, 0.717) is 0 Å². The zero-order chi connectivity index (χ0) is 22.9. The molecular formula is C32H51F. The third-order valence-corrected chi connectivity index (χ3v) is 10.1. The van der Waals surface area contributed by atoms with Gasteiger partial charge < -0.3 is 0 Å². The van der Waals surface area contributed by atoms with Gasteiger partial charge in [-0.1, -0.05) is 63.3 Å². The number of hydrogen-bond acceptors (Lipinski definition) is 0. The van der Waals surface area contributed by atoms with Crippen LogP contribution in [0.15, 0.2) is 24.3 Å². The van der Waals surface area contributed by atoms with Crippen molar-refractivity contribution in [3.8, 4) is 0 Å². The molecule has 3 fully saturated rings. The molecule has 3 saturated carbocycles. The molecule has 3 aliphatic carbocycles. The highest BCUT2D eigenvalue weighted by Gasteiger charge is 2.34. The zero-order valence-corrected chi connectivity index (χ0v) is 21.6. The fourth-order valence-electron chi connectivity index (χ4n) is 7.82. The molecule has 0 unspecified atom stereocenters. The second kappa shape index (κ2) is 13.3. The van der Waals surface area contributed by atoms with Crippen LogP contribution in [0, 0.1) is 29.6 Å². The van der Waals surface area contributed by atoms with E-state index in [1.54, 1.807) is 5.56 Å². The smallest absolute Gasteiger partial charge is 0.0894 e. The Bertz CT molecular complexity index is 640. The fraction of sp³-hybridized carbons (Fsp3) is 0.812. The van der Waals surface area contributed by atoms with Crippen molar-refractivity contribution >= 4 is 0 Å². The van der Waals surface area contributed by atoms with Crippen molar-refractivity contribution in [3.05, 3.63) is 35.4 Å². The Hall–Kier alpha value is -0.850. The number of halogens is 1. The van der Waals surface area contributed by atoms with Gasteiger partial charge in [0.05, 0.1) is 6.67 Å². The Balaban J connectivity index is 1.14. The van der Waals surface area contributed by atoms with Crippen LogP contribution in [-0.2, 0) is 6.42 Å². The van der Waals surface area contributed by atoms with Crippen LogP contribution in [0.5, 0.6) is 0 Å². The molecule has 33 heavy (non-hydrogen) atoms. The normalized spacial score (nSPS) is 33.2. The van der Waals surface area contributed by atoms with Gasteiger partial charge in [-0.15, -0.1) is 0 Å². The van der Waals surface area contributed by atoms with Crippen molar-refractivity contribution < 1.29 is 4.39 Å². The van der Waals surface area contributed by atoms with Gasteiger partial charge in [-0.2, -0.15) is 0 Å². The summed E-state index contributed by atoms with van der Waals surface area (Å²) in [6.45, 7) is 2.16. The molecule has 0 radical (unpaired) electrons. The Morgan fingerprint density at radius 3 is 1.67 bits per heavy atom. The van der Waals surface area contributed by atoms with Gasteiger partial charge in [0.1, 0.15) is 0 Å². The maximum Gasteiger partial charge on any atom is 0.0894 e. The van der Waals surface area contributed by atoms with Gasteiger partial charge in [0, 0.05) is 0 Å². The highest BCUT2D eigenvalue weighted by Crippen LogP contribution is 2.47. The minimum Gasteiger partial charge on any atom is -0.251 e. The first-order chi connectivity index (χ1) is 16.3. The van der Waals surface area contributed by atoms with Gasteiger partial charge in [-0.3, -0.25) is 4.39 Å². The topological polar surface area (TPSA) is 0 Å². The molecule has 3 aliphatic rings. The average molecular weight is 455 g/mol. The van der Waals surface area contributed by atoms with Crippen LogP contribution in [-0.4, -0.2) is 6.67 Å². The molecule has 0 nitrogen and oxygen atoms in total. The van der Waals surface area contributed by atoms with Crippen molar-refractivity contribution in [2.45, 2.75) is 128 Å². The summed E-state index contributed by atoms with van der Waals surface area (Å²) in [6.07, 6.45) is 24.7. The number of hydrogen-bond donors (Lipinski definition) is 0. The molecule has 0 atom stereocenters. The van der Waals surface area contributed by atoms with E-state index in [9.17, 15) is 4.39 Å². The van der Waals surface area contributed by atoms with Gasteiger partial charge >= 0.3 is 0 Å². The maximum atomic E-state index is 12.4. The number of alkyl halides is 1. The van der Waals surface area contributed by atoms with Crippen LogP contribution in [0.1, 0.15) is 133 Å². The van der Waals surface area contributed by atoms with Crippen molar-refractivity contribution in [1.29, 1.82) is 0 Å². The van der Waals surface area contributed by atoms with Gasteiger partial charge in [0.15, 0.2) is 0 Å². The lowest BCUT2D eigenvalue weighted by molar-refractivity contribution is 0.108. The van der Waals surface area contributed by atoms with Crippen molar-refractivity contribution in [1.82, 2.24) is 0 Å². The SMILES string of the molecule is CCCCc1ccc(C2CCC([C@H]3CC[C@H]([C@H]4CC[C@H](CCCCF)CC4)CC3)CC2)cc1. The van der Waals surface area contributed by atoms with Crippen molar-refractivity contribution in [2.75, 3.05) is 6.67 Å². The van der Waals surface area contributed by atoms with E-state index < -0.39 is 0 Å². The van der Waals surface area contributed by atoms with Crippen molar-refractivity contribution in [2.24, 2.45) is 29.6 Å². The monoisotopic (exact) mass is 454 g/mol. The third-order valence-electron chi connectivity index (χ3n) is 10.1. The summed E-state index contributed by atoms with van der Waals surface area (Å²) in [4.78, 5) is 0. The molecule has 186 valence electrons. The van der Waals surface area contributed by atoms with E-state index >= 15 is 0 Å². The summed E-state index contributed by atoms with van der Waals surface area (Å²) in [6, 6.07) is 9.68. The molecule has 1 aromatic carbocycles. The summed E-state index contributed by atoms with van der Waals surface area (Å²) < 4.78 is 12.4. The first kappa shape index (κ1) is 25.2. The van der Waals surface area contributed by atoms with Gasteiger partial charge in [0.2, 0.25) is 0 Å². The summed E-state index contributed by atoms with van der Waals surface area (Å²) in [7, 11) is 0. The Kier molecular flexibility index (Phi) is 10.2. The van der Waals surface area contributed by atoms with Crippen LogP contribution in [0.2, 0.25) is 0 Å². The lowest BCUT2D eigenvalue weighted by Gasteiger charge is -2.41. The predicted molar refractivity (Wildman–Crippen MR) is 140 cm³/mol. The van der Waals surface area contributed by atoms with E-state index in [0.717, 1.165) is 48.3 Å². The first-order valence-corrected chi connectivity index (χ1v) is 14.9. The van der Waals surface area contributed by atoms with Crippen LogP contribution >= 0.6 is 0 Å². The number of rotatable bonds is 10. The maximum absolute atomic E-state index is 12.4. The van der Waals surface area contributed by atoms with E-state index in [2.05, 4.69) is 31.2 Å². The van der Waals surface area contributed by atoms with E-state index in [1.165, 1.54) is 108 Å². The third kappa shape index (κ3) is 7.32. The quantitative estimate of drug-likeness (QED) is 0.308. The van der Waals surface area contributed by atoms with Crippen molar-refractivity contribution in [3.63, 3.8) is 0 Å². The molecule has 0 amide bonds. The molecule has 0 aromatic heterocycles. The lowest BCUT2D eigenvalue weighted by Crippen LogP contribution is -2.29. The highest BCUT2D eigenvalue weighted by molar-refractivity contribution is 5.26. The fourth-order valence-corrected chi connectivity index (χ4v) is 7.82. The van der Waals surface area contributed by atoms with E-state index in [1.807, 2.05) is 0 Å². The van der Waals surface area contributed by atoms with Gasteiger partial charge in [-0.05, 0) is 130 Å². The number of aryl methyl sites for hydroxylation is 1. The molecule has 1 aromatic rings. The molecule has 0 heterocycles. The number of unbranched alkanes of at least 4 members (excludes halogenated alkanes) is 2. The second-order valence-corrected chi connectivity index (χ2v) is 12.1.